The van der Waals surface area contributed by atoms with Crippen molar-refractivity contribution in [3.05, 3.63) is 83.4 Å². The molecule has 28 heavy (non-hydrogen) atoms. The summed E-state index contributed by atoms with van der Waals surface area (Å²) in [6.45, 7) is 4.09. The van der Waals surface area contributed by atoms with Gasteiger partial charge in [0.15, 0.2) is 6.61 Å². The molecule has 0 atom stereocenters. The minimum Gasteiger partial charge on any atom is -0.484 e. The Morgan fingerprint density at radius 3 is 2.43 bits per heavy atom. The molecule has 5 heteroatoms. The molecule has 4 nitrogen and oxygen atoms in total. The van der Waals surface area contributed by atoms with Crippen molar-refractivity contribution >= 4 is 23.4 Å². The van der Waals surface area contributed by atoms with Crippen LogP contribution in [0.15, 0.2) is 76.5 Å². The van der Waals surface area contributed by atoms with E-state index in [1.165, 1.54) is 16.0 Å². The van der Waals surface area contributed by atoms with Gasteiger partial charge in [-0.2, -0.15) is 5.26 Å². The van der Waals surface area contributed by atoms with E-state index in [4.69, 9.17) is 10.00 Å². The lowest BCUT2D eigenvalue weighted by Crippen LogP contribution is -2.20. The molecule has 140 valence electrons. The summed E-state index contributed by atoms with van der Waals surface area (Å²) >= 11 is 1.71. The molecule has 0 heterocycles. The molecule has 0 aliphatic heterocycles. The van der Waals surface area contributed by atoms with Crippen LogP contribution in [0, 0.1) is 25.2 Å². The standard InChI is InChI=1S/C23H20N2O2S/c1-16-3-4-17(2)22(13-16)28-21-11-7-19(8-12-21)25-23(26)15-27-20-9-5-18(14-24)6-10-20/h3-13H,15H2,1-2H3,(H,25,26). The fraction of sp³-hybridized carbons (Fsp3) is 0.130. The fourth-order valence-corrected chi connectivity index (χ4v) is 3.52. The van der Waals surface area contributed by atoms with E-state index in [1.807, 2.05) is 30.3 Å². The lowest BCUT2D eigenvalue weighted by Gasteiger charge is -2.09. The molecule has 0 aliphatic carbocycles. The summed E-state index contributed by atoms with van der Waals surface area (Å²) in [5.41, 5.74) is 3.75. The molecule has 0 fully saturated rings. The van der Waals surface area contributed by atoms with Crippen molar-refractivity contribution in [3.63, 3.8) is 0 Å². The quantitative estimate of drug-likeness (QED) is 0.619. The minimum absolute atomic E-state index is 0.0924. The molecule has 0 radical (unpaired) electrons. The number of ether oxygens (including phenoxy) is 1. The first kappa shape index (κ1) is 19.5. The molecule has 0 spiro atoms. The number of carbonyl (C=O) groups is 1. The van der Waals surface area contributed by atoms with Crippen molar-refractivity contribution in [1.29, 1.82) is 5.26 Å². The Bertz CT molecular complexity index is 1010. The highest BCUT2D eigenvalue weighted by atomic mass is 32.2. The molecule has 1 amide bonds. The van der Waals surface area contributed by atoms with Gasteiger partial charge in [0.2, 0.25) is 0 Å². The Labute approximate surface area is 169 Å². The molecule has 3 aromatic carbocycles. The second-order valence-electron chi connectivity index (χ2n) is 6.37. The highest BCUT2D eigenvalue weighted by Gasteiger charge is 2.06. The Morgan fingerprint density at radius 2 is 1.75 bits per heavy atom. The topological polar surface area (TPSA) is 62.1 Å². The molecule has 0 unspecified atom stereocenters. The van der Waals surface area contributed by atoms with E-state index >= 15 is 0 Å². The fourth-order valence-electron chi connectivity index (χ4n) is 2.52. The van der Waals surface area contributed by atoms with Crippen LogP contribution in [-0.2, 0) is 4.79 Å². The summed E-state index contributed by atoms with van der Waals surface area (Å²) in [7, 11) is 0. The number of nitrogens with zero attached hydrogens (tertiary/aromatic N) is 1. The SMILES string of the molecule is Cc1ccc(C)c(Sc2ccc(NC(=O)COc3ccc(C#N)cc3)cc2)c1. The number of carbonyl (C=O) groups excluding carboxylic acids is 1. The Hall–Kier alpha value is -3.23. The maximum atomic E-state index is 12.1. The second-order valence-corrected chi connectivity index (χ2v) is 7.48. The molecule has 3 aromatic rings. The number of nitriles is 1. The van der Waals surface area contributed by atoms with E-state index in [9.17, 15) is 4.79 Å². The highest BCUT2D eigenvalue weighted by molar-refractivity contribution is 7.99. The number of benzene rings is 3. The summed E-state index contributed by atoms with van der Waals surface area (Å²) in [4.78, 5) is 14.4. The van der Waals surface area contributed by atoms with Crippen LogP contribution in [0.5, 0.6) is 5.75 Å². The van der Waals surface area contributed by atoms with Crippen LogP contribution < -0.4 is 10.1 Å². The first-order chi connectivity index (χ1) is 13.5. The average molecular weight is 388 g/mol. The summed E-state index contributed by atoms with van der Waals surface area (Å²) in [6.07, 6.45) is 0. The number of hydrogen-bond donors (Lipinski definition) is 1. The van der Waals surface area contributed by atoms with E-state index in [1.54, 1.807) is 36.0 Å². The zero-order chi connectivity index (χ0) is 19.9. The number of rotatable bonds is 6. The van der Waals surface area contributed by atoms with E-state index in [0.717, 1.165) is 10.6 Å². The summed E-state index contributed by atoms with van der Waals surface area (Å²) in [5.74, 6) is 0.314. The van der Waals surface area contributed by atoms with Crippen molar-refractivity contribution in [2.45, 2.75) is 23.6 Å². The van der Waals surface area contributed by atoms with Gasteiger partial charge >= 0.3 is 0 Å². The zero-order valence-electron chi connectivity index (χ0n) is 15.7. The van der Waals surface area contributed by atoms with Crippen molar-refractivity contribution in [3.8, 4) is 11.8 Å². The number of amides is 1. The Morgan fingerprint density at radius 1 is 1.04 bits per heavy atom. The molecule has 0 aromatic heterocycles. The first-order valence-electron chi connectivity index (χ1n) is 8.81. The van der Waals surface area contributed by atoms with E-state index in [0.29, 0.717) is 11.3 Å². The average Bonchev–Trinajstić information content (AvgIpc) is 2.71. The van der Waals surface area contributed by atoms with Gasteiger partial charge in [0.1, 0.15) is 5.75 Å². The molecule has 0 bridgehead atoms. The third-order valence-electron chi connectivity index (χ3n) is 4.06. The van der Waals surface area contributed by atoms with Crippen LogP contribution in [0.4, 0.5) is 5.69 Å². The van der Waals surface area contributed by atoms with Crippen molar-refractivity contribution < 1.29 is 9.53 Å². The minimum atomic E-state index is -0.237. The summed E-state index contributed by atoms with van der Waals surface area (Å²) in [6, 6.07) is 22.8. The van der Waals surface area contributed by atoms with Gasteiger partial charge < -0.3 is 10.1 Å². The lowest BCUT2D eigenvalue weighted by molar-refractivity contribution is -0.118. The zero-order valence-corrected chi connectivity index (χ0v) is 16.5. The summed E-state index contributed by atoms with van der Waals surface area (Å²) in [5, 5.41) is 11.6. The van der Waals surface area contributed by atoms with Crippen LogP contribution >= 0.6 is 11.8 Å². The van der Waals surface area contributed by atoms with Gasteiger partial charge in [-0.1, -0.05) is 23.9 Å². The number of aryl methyl sites for hydroxylation is 2. The van der Waals surface area contributed by atoms with Crippen LogP contribution in [0.25, 0.3) is 0 Å². The molecular weight excluding hydrogens is 368 g/mol. The maximum absolute atomic E-state index is 12.1. The van der Waals surface area contributed by atoms with Gasteiger partial charge in [0.25, 0.3) is 5.91 Å². The van der Waals surface area contributed by atoms with Gasteiger partial charge in [-0.3, -0.25) is 4.79 Å². The van der Waals surface area contributed by atoms with Crippen molar-refractivity contribution in [2.24, 2.45) is 0 Å². The van der Waals surface area contributed by atoms with Crippen molar-refractivity contribution in [1.82, 2.24) is 0 Å². The van der Waals surface area contributed by atoms with Crippen LogP contribution in [0.3, 0.4) is 0 Å². The summed E-state index contributed by atoms with van der Waals surface area (Å²) < 4.78 is 5.44. The first-order valence-corrected chi connectivity index (χ1v) is 9.63. The smallest absolute Gasteiger partial charge is 0.262 e. The predicted octanol–water partition coefficient (Wildman–Crippen LogP) is 5.34. The van der Waals surface area contributed by atoms with Gasteiger partial charge in [-0.05, 0) is 79.6 Å². The molecule has 0 saturated heterocycles. The number of hydrogen-bond acceptors (Lipinski definition) is 4. The van der Waals surface area contributed by atoms with Crippen molar-refractivity contribution in [2.75, 3.05) is 11.9 Å². The molecular formula is C23H20N2O2S. The molecule has 1 N–H and O–H groups in total. The third-order valence-corrected chi connectivity index (χ3v) is 5.23. The molecule has 0 saturated carbocycles. The van der Waals surface area contributed by atoms with Gasteiger partial charge in [-0.25, -0.2) is 0 Å². The third kappa shape index (κ3) is 5.38. The predicted molar refractivity (Wildman–Crippen MR) is 112 cm³/mol. The molecule has 3 rings (SSSR count). The maximum Gasteiger partial charge on any atom is 0.262 e. The van der Waals surface area contributed by atoms with Gasteiger partial charge in [-0.15, -0.1) is 0 Å². The second kappa shape index (κ2) is 9.12. The normalized spacial score (nSPS) is 10.2. The largest absolute Gasteiger partial charge is 0.484 e. The number of anilines is 1. The lowest BCUT2D eigenvalue weighted by atomic mass is 10.2. The Balaban J connectivity index is 1.53. The van der Waals surface area contributed by atoms with Gasteiger partial charge in [0.05, 0.1) is 11.6 Å². The van der Waals surface area contributed by atoms with E-state index in [-0.39, 0.29) is 12.5 Å². The Kier molecular flexibility index (Phi) is 6.36. The number of nitrogens with one attached hydrogen (secondary N) is 1. The van der Waals surface area contributed by atoms with Gasteiger partial charge in [0, 0.05) is 15.5 Å². The van der Waals surface area contributed by atoms with E-state index in [2.05, 4.69) is 37.4 Å². The highest BCUT2D eigenvalue weighted by Crippen LogP contribution is 2.31. The molecule has 0 aliphatic rings. The monoisotopic (exact) mass is 388 g/mol. The van der Waals surface area contributed by atoms with Crippen LogP contribution in [-0.4, -0.2) is 12.5 Å². The van der Waals surface area contributed by atoms with Crippen LogP contribution in [0.2, 0.25) is 0 Å². The van der Waals surface area contributed by atoms with Crippen LogP contribution in [0.1, 0.15) is 16.7 Å². The van der Waals surface area contributed by atoms with E-state index < -0.39 is 0 Å².